The van der Waals surface area contributed by atoms with E-state index in [9.17, 15) is 4.79 Å². The van der Waals surface area contributed by atoms with Gasteiger partial charge in [0.15, 0.2) is 11.5 Å². The number of benzene rings is 1. The third-order valence-electron chi connectivity index (χ3n) is 4.27. The molecule has 0 saturated carbocycles. The Balaban J connectivity index is 2.13. The highest BCUT2D eigenvalue weighted by atomic mass is 16.5. The van der Waals surface area contributed by atoms with E-state index in [-0.39, 0.29) is 11.9 Å². The lowest BCUT2D eigenvalue weighted by atomic mass is 10.1. The summed E-state index contributed by atoms with van der Waals surface area (Å²) in [7, 11) is 5.05. The molecule has 1 fully saturated rings. The number of hydrogen-bond acceptors (Lipinski definition) is 4. The van der Waals surface area contributed by atoms with Crippen molar-refractivity contribution in [1.29, 1.82) is 0 Å². The van der Waals surface area contributed by atoms with Crippen molar-refractivity contribution in [2.45, 2.75) is 19.4 Å². The number of likely N-dealkylation sites (N-methyl/N-ethyl adjacent to an activating group) is 1. The topological polar surface area (TPSA) is 56.6 Å². The second kappa shape index (κ2) is 5.95. The van der Waals surface area contributed by atoms with Gasteiger partial charge in [-0.2, -0.15) is 0 Å². The molecular formula is C17H21N3O3. The highest BCUT2D eigenvalue weighted by molar-refractivity contribution is 5.83. The van der Waals surface area contributed by atoms with Crippen LogP contribution in [0.4, 0.5) is 0 Å². The summed E-state index contributed by atoms with van der Waals surface area (Å²) in [5, 5.41) is 0. The lowest BCUT2D eigenvalue weighted by molar-refractivity contribution is -0.129. The molecule has 122 valence electrons. The highest BCUT2D eigenvalue weighted by Crippen LogP contribution is 2.40. The number of nitrogens with zero attached hydrogens (tertiary/aromatic N) is 3. The summed E-state index contributed by atoms with van der Waals surface area (Å²) in [6.45, 7) is 2.75. The van der Waals surface area contributed by atoms with Crippen molar-refractivity contribution in [2.24, 2.45) is 0 Å². The van der Waals surface area contributed by atoms with Gasteiger partial charge >= 0.3 is 0 Å². The number of ether oxygens (including phenoxy) is 2. The average Bonchev–Trinajstić information content (AvgIpc) is 3.14. The molecule has 1 aromatic heterocycles. The van der Waals surface area contributed by atoms with Crippen molar-refractivity contribution < 1.29 is 14.3 Å². The lowest BCUT2D eigenvalue weighted by Crippen LogP contribution is -2.24. The van der Waals surface area contributed by atoms with Gasteiger partial charge in [-0.3, -0.25) is 4.79 Å². The maximum Gasteiger partial charge on any atom is 0.245 e. The predicted molar refractivity (Wildman–Crippen MR) is 86.8 cm³/mol. The molecule has 1 aliphatic rings. The molecule has 2 heterocycles. The molecule has 0 spiro atoms. The molecule has 3 rings (SSSR count). The van der Waals surface area contributed by atoms with E-state index in [0.29, 0.717) is 11.5 Å². The summed E-state index contributed by atoms with van der Waals surface area (Å²) in [5.41, 5.74) is 1.87. The molecule has 1 unspecified atom stereocenters. The van der Waals surface area contributed by atoms with Crippen LogP contribution in [0.3, 0.4) is 0 Å². The summed E-state index contributed by atoms with van der Waals surface area (Å²) >= 11 is 0. The minimum absolute atomic E-state index is 0.114. The summed E-state index contributed by atoms with van der Waals surface area (Å²) in [6.07, 6.45) is 4.35. The van der Waals surface area contributed by atoms with Gasteiger partial charge < -0.3 is 18.9 Å². The summed E-state index contributed by atoms with van der Waals surface area (Å²) < 4.78 is 12.9. The van der Waals surface area contributed by atoms with E-state index < -0.39 is 0 Å². The number of carbonyl (C=O) groups excluding carboxylic acids is 1. The minimum Gasteiger partial charge on any atom is -0.493 e. The van der Waals surface area contributed by atoms with Crippen LogP contribution in [0, 0.1) is 6.92 Å². The van der Waals surface area contributed by atoms with Crippen LogP contribution in [0.2, 0.25) is 0 Å². The van der Waals surface area contributed by atoms with E-state index in [1.165, 1.54) is 0 Å². The summed E-state index contributed by atoms with van der Waals surface area (Å²) in [4.78, 5) is 18.6. The van der Waals surface area contributed by atoms with Crippen LogP contribution >= 0.6 is 0 Å². The van der Waals surface area contributed by atoms with Crippen LogP contribution in [-0.4, -0.2) is 48.2 Å². The fraction of sp³-hybridized carbons (Fsp3) is 0.412. The van der Waals surface area contributed by atoms with Crippen molar-refractivity contribution in [1.82, 2.24) is 14.5 Å². The maximum absolute atomic E-state index is 12.4. The Kier molecular flexibility index (Phi) is 3.98. The Morgan fingerprint density at radius 1 is 1.26 bits per heavy atom. The number of amides is 1. The molecule has 2 aromatic rings. The Labute approximate surface area is 135 Å². The molecule has 1 amide bonds. The van der Waals surface area contributed by atoms with Crippen molar-refractivity contribution in [3.63, 3.8) is 0 Å². The Morgan fingerprint density at radius 2 is 2.04 bits per heavy atom. The zero-order valence-corrected chi connectivity index (χ0v) is 13.9. The van der Waals surface area contributed by atoms with Gasteiger partial charge in [-0.25, -0.2) is 4.98 Å². The van der Waals surface area contributed by atoms with E-state index >= 15 is 0 Å². The third kappa shape index (κ3) is 2.54. The Morgan fingerprint density at radius 3 is 2.65 bits per heavy atom. The van der Waals surface area contributed by atoms with Crippen LogP contribution in [0.5, 0.6) is 11.5 Å². The normalized spacial score (nSPS) is 17.7. The van der Waals surface area contributed by atoms with Gasteiger partial charge in [0.1, 0.15) is 11.9 Å². The molecule has 0 radical (unpaired) electrons. The van der Waals surface area contributed by atoms with Crippen molar-refractivity contribution in [2.75, 3.05) is 27.8 Å². The molecule has 1 saturated heterocycles. The van der Waals surface area contributed by atoms with E-state index in [1.54, 1.807) is 25.3 Å². The molecule has 6 nitrogen and oxygen atoms in total. The molecule has 0 N–H and O–H groups in total. The van der Waals surface area contributed by atoms with Crippen LogP contribution in [0.15, 0.2) is 24.5 Å². The second-order valence-corrected chi connectivity index (χ2v) is 5.77. The number of hydrogen-bond donors (Lipinski definition) is 0. The number of aromatic nitrogens is 2. The van der Waals surface area contributed by atoms with Crippen molar-refractivity contribution in [3.05, 3.63) is 30.1 Å². The second-order valence-electron chi connectivity index (χ2n) is 5.77. The first kappa shape index (κ1) is 15.4. The van der Waals surface area contributed by atoms with Gasteiger partial charge in [-0.05, 0) is 31.0 Å². The van der Waals surface area contributed by atoms with Crippen LogP contribution in [0.1, 0.15) is 18.0 Å². The van der Waals surface area contributed by atoms with Crippen LogP contribution < -0.4 is 9.47 Å². The predicted octanol–water partition coefficient (Wildman–Crippen LogP) is 2.28. The molecule has 23 heavy (non-hydrogen) atoms. The van der Waals surface area contributed by atoms with Gasteiger partial charge in [-0.15, -0.1) is 0 Å². The Bertz CT molecular complexity index is 739. The van der Waals surface area contributed by atoms with E-state index in [2.05, 4.69) is 4.98 Å². The van der Waals surface area contributed by atoms with E-state index in [1.807, 2.05) is 36.9 Å². The first-order chi connectivity index (χ1) is 11.1. The highest BCUT2D eigenvalue weighted by Gasteiger charge is 2.32. The number of likely N-dealkylation sites (tertiary alicyclic amines) is 1. The summed E-state index contributed by atoms with van der Waals surface area (Å²) in [5.74, 6) is 2.12. The number of imidazole rings is 1. The standard InChI is InChI=1S/C17H21N3O3/c1-11-9-12(15(23-4)14(10-11)22-3)16-18-6-8-20(16)13-5-7-19(2)17(13)21/h6,8-10,13H,5,7H2,1-4H3. The SMILES string of the molecule is COc1cc(C)cc(-c2nccn2C2CCN(C)C2=O)c1OC. The number of rotatable bonds is 4. The number of aryl methyl sites for hydroxylation is 1. The third-order valence-corrected chi connectivity index (χ3v) is 4.27. The van der Waals surface area contributed by atoms with E-state index in [0.717, 1.165) is 29.9 Å². The first-order valence-corrected chi connectivity index (χ1v) is 7.57. The maximum atomic E-state index is 12.4. The quantitative estimate of drug-likeness (QED) is 0.868. The van der Waals surface area contributed by atoms with Gasteiger partial charge in [-0.1, -0.05) is 0 Å². The van der Waals surface area contributed by atoms with Gasteiger partial charge in [0.05, 0.1) is 19.8 Å². The average molecular weight is 315 g/mol. The zero-order chi connectivity index (χ0) is 16.6. The molecule has 1 atom stereocenters. The largest absolute Gasteiger partial charge is 0.493 e. The number of methoxy groups -OCH3 is 2. The molecule has 0 aliphatic carbocycles. The fourth-order valence-electron chi connectivity index (χ4n) is 3.10. The molecule has 1 aromatic carbocycles. The lowest BCUT2D eigenvalue weighted by Gasteiger charge is -2.18. The van der Waals surface area contributed by atoms with Gasteiger partial charge in [0.2, 0.25) is 5.91 Å². The van der Waals surface area contributed by atoms with Crippen molar-refractivity contribution >= 4 is 5.91 Å². The molecule has 6 heteroatoms. The molecular weight excluding hydrogens is 294 g/mol. The van der Waals surface area contributed by atoms with Gasteiger partial charge in [0, 0.05) is 26.0 Å². The zero-order valence-electron chi connectivity index (χ0n) is 13.9. The fourth-order valence-corrected chi connectivity index (χ4v) is 3.10. The Hall–Kier alpha value is -2.50. The molecule has 0 bridgehead atoms. The van der Waals surface area contributed by atoms with E-state index in [4.69, 9.17) is 9.47 Å². The van der Waals surface area contributed by atoms with Gasteiger partial charge in [0.25, 0.3) is 0 Å². The van der Waals surface area contributed by atoms with Crippen LogP contribution in [-0.2, 0) is 4.79 Å². The first-order valence-electron chi connectivity index (χ1n) is 7.57. The van der Waals surface area contributed by atoms with Crippen molar-refractivity contribution in [3.8, 4) is 22.9 Å². The molecule has 1 aliphatic heterocycles. The number of carbonyl (C=O) groups is 1. The smallest absolute Gasteiger partial charge is 0.245 e. The van der Waals surface area contributed by atoms with Crippen LogP contribution in [0.25, 0.3) is 11.4 Å². The monoisotopic (exact) mass is 315 g/mol. The minimum atomic E-state index is -0.214. The summed E-state index contributed by atoms with van der Waals surface area (Å²) in [6, 6.07) is 3.71.